The maximum absolute atomic E-state index is 6.64. The predicted octanol–water partition coefficient (Wildman–Crippen LogP) is 5.44. The number of hydrogen-bond donors (Lipinski definition) is 0. The van der Waals surface area contributed by atoms with Crippen LogP contribution in [0.2, 0.25) is 0 Å². The highest BCUT2D eigenvalue weighted by atomic mass is 35.5. The molecule has 0 aliphatic heterocycles. The van der Waals surface area contributed by atoms with Gasteiger partial charge in [0.15, 0.2) is 0 Å². The third kappa shape index (κ3) is 3.39. The van der Waals surface area contributed by atoms with Gasteiger partial charge in [0.05, 0.1) is 5.38 Å². The van der Waals surface area contributed by atoms with Gasteiger partial charge in [-0.2, -0.15) is 0 Å². The summed E-state index contributed by atoms with van der Waals surface area (Å²) >= 11 is 6.64. The minimum atomic E-state index is 0.0420. The molecule has 0 N–H and O–H groups in total. The summed E-state index contributed by atoms with van der Waals surface area (Å²) in [6.45, 7) is 8.53. The molecular formula is C18H21Cl. The second-order valence-corrected chi connectivity index (χ2v) is 5.99. The Kier molecular flexibility index (Phi) is 4.31. The van der Waals surface area contributed by atoms with Crippen molar-refractivity contribution in [1.29, 1.82) is 0 Å². The smallest absolute Gasteiger partial charge is 0.0628 e. The van der Waals surface area contributed by atoms with Crippen molar-refractivity contribution < 1.29 is 0 Å². The fourth-order valence-corrected chi connectivity index (χ4v) is 2.82. The van der Waals surface area contributed by atoms with Crippen LogP contribution in [-0.2, 0) is 6.42 Å². The molecule has 0 amide bonds. The van der Waals surface area contributed by atoms with Gasteiger partial charge in [-0.15, -0.1) is 11.6 Å². The third-order valence-electron chi connectivity index (χ3n) is 3.68. The highest BCUT2D eigenvalue weighted by Gasteiger charge is 2.13. The molecule has 1 unspecified atom stereocenters. The van der Waals surface area contributed by atoms with Gasteiger partial charge in [-0.05, 0) is 56.4 Å². The molecule has 0 heterocycles. The Balaban J connectivity index is 2.27. The van der Waals surface area contributed by atoms with Crippen molar-refractivity contribution >= 4 is 11.6 Å². The molecule has 0 bridgehead atoms. The molecule has 100 valence electrons. The minimum Gasteiger partial charge on any atom is -0.117 e. The second-order valence-electron chi connectivity index (χ2n) is 5.46. The van der Waals surface area contributed by atoms with E-state index in [9.17, 15) is 0 Å². The van der Waals surface area contributed by atoms with Crippen LogP contribution in [-0.4, -0.2) is 0 Å². The Morgan fingerprint density at radius 1 is 0.842 bits per heavy atom. The van der Waals surface area contributed by atoms with Gasteiger partial charge in [0.25, 0.3) is 0 Å². The molecule has 19 heavy (non-hydrogen) atoms. The molecule has 0 saturated heterocycles. The Hall–Kier alpha value is -1.27. The molecule has 0 radical (unpaired) electrons. The topological polar surface area (TPSA) is 0 Å². The van der Waals surface area contributed by atoms with Gasteiger partial charge in [0, 0.05) is 0 Å². The summed E-state index contributed by atoms with van der Waals surface area (Å²) in [5.41, 5.74) is 7.76. The van der Waals surface area contributed by atoms with Crippen molar-refractivity contribution in [1.82, 2.24) is 0 Å². The monoisotopic (exact) mass is 272 g/mol. The van der Waals surface area contributed by atoms with Gasteiger partial charge in [-0.1, -0.05) is 47.5 Å². The lowest BCUT2D eigenvalue weighted by atomic mass is 9.95. The molecule has 1 atom stereocenters. The molecule has 2 aromatic carbocycles. The maximum atomic E-state index is 6.64. The summed E-state index contributed by atoms with van der Waals surface area (Å²) in [4.78, 5) is 0. The van der Waals surface area contributed by atoms with E-state index in [1.165, 1.54) is 33.4 Å². The van der Waals surface area contributed by atoms with Gasteiger partial charge in [0.1, 0.15) is 0 Å². The van der Waals surface area contributed by atoms with Crippen molar-refractivity contribution in [3.63, 3.8) is 0 Å². The van der Waals surface area contributed by atoms with E-state index in [0.29, 0.717) is 0 Å². The lowest BCUT2D eigenvalue weighted by molar-refractivity contribution is 0.898. The summed E-state index contributed by atoms with van der Waals surface area (Å²) in [6.07, 6.45) is 0.888. The summed E-state index contributed by atoms with van der Waals surface area (Å²) in [5, 5.41) is 0.0420. The van der Waals surface area contributed by atoms with Gasteiger partial charge in [-0.3, -0.25) is 0 Å². The zero-order chi connectivity index (χ0) is 14.0. The zero-order valence-electron chi connectivity index (χ0n) is 12.1. The molecule has 0 aliphatic carbocycles. The Labute approximate surface area is 121 Å². The normalized spacial score (nSPS) is 12.5. The van der Waals surface area contributed by atoms with E-state index in [-0.39, 0.29) is 5.38 Å². The number of aryl methyl sites for hydroxylation is 4. The van der Waals surface area contributed by atoms with Crippen LogP contribution in [0.4, 0.5) is 0 Å². The van der Waals surface area contributed by atoms with E-state index in [4.69, 9.17) is 11.6 Å². The Bertz CT molecular complexity index is 584. The van der Waals surface area contributed by atoms with Gasteiger partial charge in [0.2, 0.25) is 0 Å². The van der Waals surface area contributed by atoms with E-state index in [1.807, 2.05) is 0 Å². The summed E-state index contributed by atoms with van der Waals surface area (Å²) in [6, 6.07) is 13.1. The van der Waals surface area contributed by atoms with Gasteiger partial charge in [-0.25, -0.2) is 0 Å². The molecule has 0 fully saturated rings. The first-order chi connectivity index (χ1) is 8.97. The van der Waals surface area contributed by atoms with Crippen molar-refractivity contribution in [2.75, 3.05) is 0 Å². The SMILES string of the molecule is Cc1ccc(C)c(CC(Cl)c2cc(C)ccc2C)c1. The average molecular weight is 273 g/mol. The molecule has 0 aromatic heterocycles. The standard InChI is InChI=1S/C18H21Cl/c1-12-5-7-14(3)16(9-12)11-18(19)17-10-13(2)6-8-15(17)4/h5-10,18H,11H2,1-4H3. The average Bonchev–Trinajstić information content (AvgIpc) is 2.36. The Morgan fingerprint density at radius 2 is 1.42 bits per heavy atom. The minimum absolute atomic E-state index is 0.0420. The highest BCUT2D eigenvalue weighted by Crippen LogP contribution is 2.29. The summed E-state index contributed by atoms with van der Waals surface area (Å²) in [5.74, 6) is 0. The van der Waals surface area contributed by atoms with E-state index < -0.39 is 0 Å². The zero-order valence-corrected chi connectivity index (χ0v) is 12.9. The molecule has 1 heteroatoms. The van der Waals surface area contributed by atoms with Crippen LogP contribution < -0.4 is 0 Å². The van der Waals surface area contributed by atoms with Crippen LogP contribution >= 0.6 is 11.6 Å². The van der Waals surface area contributed by atoms with Crippen LogP contribution in [0.5, 0.6) is 0 Å². The van der Waals surface area contributed by atoms with Crippen molar-refractivity contribution in [3.8, 4) is 0 Å². The maximum Gasteiger partial charge on any atom is 0.0628 e. The molecule has 2 rings (SSSR count). The van der Waals surface area contributed by atoms with E-state index >= 15 is 0 Å². The van der Waals surface area contributed by atoms with Crippen LogP contribution in [0.3, 0.4) is 0 Å². The lowest BCUT2D eigenvalue weighted by Crippen LogP contribution is -2.01. The number of benzene rings is 2. The van der Waals surface area contributed by atoms with Crippen LogP contribution in [0.15, 0.2) is 36.4 Å². The number of hydrogen-bond acceptors (Lipinski definition) is 0. The van der Waals surface area contributed by atoms with E-state index in [2.05, 4.69) is 64.1 Å². The van der Waals surface area contributed by atoms with Crippen LogP contribution in [0, 0.1) is 27.7 Å². The highest BCUT2D eigenvalue weighted by molar-refractivity contribution is 6.21. The van der Waals surface area contributed by atoms with Crippen molar-refractivity contribution in [2.45, 2.75) is 39.5 Å². The number of halogens is 1. The molecule has 0 saturated carbocycles. The number of rotatable bonds is 3. The first-order valence-electron chi connectivity index (χ1n) is 6.74. The molecule has 0 spiro atoms. The fourth-order valence-electron chi connectivity index (χ4n) is 2.42. The number of alkyl halides is 1. The molecular weight excluding hydrogens is 252 g/mol. The van der Waals surface area contributed by atoms with E-state index in [0.717, 1.165) is 6.42 Å². The van der Waals surface area contributed by atoms with Crippen LogP contribution in [0.1, 0.15) is 38.8 Å². The van der Waals surface area contributed by atoms with E-state index in [1.54, 1.807) is 0 Å². The fraction of sp³-hybridized carbons (Fsp3) is 0.333. The quantitative estimate of drug-likeness (QED) is 0.653. The lowest BCUT2D eigenvalue weighted by Gasteiger charge is -2.15. The first kappa shape index (κ1) is 14.1. The van der Waals surface area contributed by atoms with Crippen molar-refractivity contribution in [2.24, 2.45) is 0 Å². The largest absolute Gasteiger partial charge is 0.117 e. The second kappa shape index (κ2) is 5.79. The predicted molar refractivity (Wildman–Crippen MR) is 84.1 cm³/mol. The summed E-state index contributed by atoms with van der Waals surface area (Å²) in [7, 11) is 0. The van der Waals surface area contributed by atoms with Gasteiger partial charge >= 0.3 is 0 Å². The van der Waals surface area contributed by atoms with Crippen LogP contribution in [0.25, 0.3) is 0 Å². The molecule has 0 nitrogen and oxygen atoms in total. The molecule has 2 aromatic rings. The summed E-state index contributed by atoms with van der Waals surface area (Å²) < 4.78 is 0. The third-order valence-corrected chi connectivity index (χ3v) is 4.07. The molecule has 0 aliphatic rings. The van der Waals surface area contributed by atoms with Crippen molar-refractivity contribution in [3.05, 3.63) is 69.8 Å². The Morgan fingerprint density at radius 3 is 2.11 bits per heavy atom. The van der Waals surface area contributed by atoms with Gasteiger partial charge < -0.3 is 0 Å². The first-order valence-corrected chi connectivity index (χ1v) is 7.18.